The Morgan fingerprint density at radius 2 is 0.583 bits per heavy atom. The minimum Gasteiger partial charge on any atom is -0.246 e. The van der Waals surface area contributed by atoms with E-state index >= 15 is 0 Å². The van der Waals surface area contributed by atoms with Gasteiger partial charge in [-0.05, 0) is 172 Å². The zero-order chi connectivity index (χ0) is 24.3. The van der Waals surface area contributed by atoms with Gasteiger partial charge < -0.3 is 0 Å². The van der Waals surface area contributed by atoms with Crippen LogP contribution in [0.2, 0.25) is 0 Å². The van der Waals surface area contributed by atoms with Gasteiger partial charge in [0.05, 0.1) is 0 Å². The second-order valence-corrected chi connectivity index (χ2v) is 10.5. The maximum atomic E-state index is 13.4. The van der Waals surface area contributed by atoms with E-state index in [1.54, 1.807) is 12.1 Å². The van der Waals surface area contributed by atoms with E-state index in [9.17, 15) is 8.78 Å². The Labute approximate surface area is 206 Å². The highest BCUT2D eigenvalue weighted by Gasteiger charge is 2.17. The van der Waals surface area contributed by atoms with Gasteiger partial charge in [0.25, 0.3) is 0 Å². The minimum atomic E-state index is -0.644. The highest BCUT2D eigenvalue weighted by atomic mass is 19.1. The van der Waals surface area contributed by atoms with E-state index in [1.165, 1.54) is 75.8 Å². The van der Waals surface area contributed by atoms with Gasteiger partial charge in [-0.2, -0.15) is 0 Å². The molecule has 0 aliphatic rings. The van der Waals surface area contributed by atoms with Crippen molar-refractivity contribution in [3.63, 3.8) is 0 Å². The maximum Gasteiger partial charge on any atom is 0.115 e. The van der Waals surface area contributed by atoms with Crippen molar-refractivity contribution in [1.82, 2.24) is 0 Å². The van der Waals surface area contributed by atoms with Gasteiger partial charge in [-0.3, -0.25) is 0 Å². The molecule has 0 nitrogen and oxygen atoms in total. The molecule has 0 bridgehead atoms. The number of fused-ring (bicyclic) bond motifs is 11. The zero-order valence-corrected chi connectivity index (χ0v) is 20.1. The average molecular weight is 469 g/mol. The van der Waals surface area contributed by atoms with Crippen LogP contribution in [-0.4, -0.2) is 0 Å². The quantitative estimate of drug-likeness (QED) is 0.237. The number of benzene rings is 6. The van der Waals surface area contributed by atoms with E-state index in [-0.39, 0.29) is 0 Å². The molecule has 0 N–H and O–H groups in total. The molecule has 0 fully saturated rings. The Kier molecular flexibility index (Phi) is 3.81. The zero-order valence-electron chi connectivity index (χ0n) is 20.1. The van der Waals surface area contributed by atoms with Crippen LogP contribution < -0.4 is 0 Å². The Morgan fingerprint density at radius 3 is 0.833 bits per heavy atom. The molecule has 0 aromatic heterocycles. The van der Waals surface area contributed by atoms with Gasteiger partial charge in [0.2, 0.25) is 0 Å². The second-order valence-electron chi connectivity index (χ2n) is 10.5. The summed E-state index contributed by atoms with van der Waals surface area (Å²) in [5.74, 6) is 0. The van der Waals surface area contributed by atoms with Crippen LogP contribution in [-0.2, 0) is 13.3 Å². The molecule has 0 amide bonds. The summed E-state index contributed by atoms with van der Waals surface area (Å²) in [6.45, 7) is 3.06. The predicted octanol–water partition coefficient (Wildman–Crippen LogP) is 10.2. The van der Waals surface area contributed by atoms with Crippen LogP contribution in [0.15, 0.2) is 72.8 Å². The molecule has 172 valence electrons. The topological polar surface area (TPSA) is 0 Å². The summed E-state index contributed by atoms with van der Waals surface area (Å²) in [5, 5.41) is 17.2. The van der Waals surface area contributed by atoms with Crippen LogP contribution in [0.1, 0.15) is 22.3 Å². The van der Waals surface area contributed by atoms with Crippen molar-refractivity contribution in [3.05, 3.63) is 95.1 Å². The molecule has 0 saturated carbocycles. The van der Waals surface area contributed by atoms with Crippen molar-refractivity contribution in [2.24, 2.45) is 0 Å². The Morgan fingerprint density at radius 1 is 0.361 bits per heavy atom. The van der Waals surface area contributed by atoms with Crippen LogP contribution in [0.25, 0.3) is 75.4 Å². The van der Waals surface area contributed by atoms with Gasteiger partial charge in [0, 0.05) is 0 Å². The number of hydrogen-bond donors (Lipinski definition) is 0. The van der Waals surface area contributed by atoms with Crippen LogP contribution in [0, 0.1) is 13.8 Å². The van der Waals surface area contributed by atoms with Crippen LogP contribution in [0.4, 0.5) is 8.78 Å². The summed E-state index contributed by atoms with van der Waals surface area (Å²) in [6.07, 6.45) is 0. The van der Waals surface area contributed by atoms with E-state index in [0.29, 0.717) is 11.1 Å². The summed E-state index contributed by atoms with van der Waals surface area (Å²) < 4.78 is 26.9. The van der Waals surface area contributed by atoms with Gasteiger partial charge in [-0.1, -0.05) is 12.1 Å². The van der Waals surface area contributed by atoms with E-state index in [4.69, 9.17) is 0 Å². The number of hydrogen-bond acceptors (Lipinski definition) is 0. The van der Waals surface area contributed by atoms with E-state index < -0.39 is 13.3 Å². The average Bonchev–Trinajstić information content (AvgIpc) is 2.89. The molecule has 0 unspecified atom stereocenters. The smallest absolute Gasteiger partial charge is 0.115 e. The Hall–Kier alpha value is -4.04. The number of alkyl halides is 2. The van der Waals surface area contributed by atoms with Crippen LogP contribution in [0.3, 0.4) is 0 Å². The molecule has 0 atom stereocenters. The molecular weight excluding hydrogens is 446 g/mol. The fourth-order valence-corrected chi connectivity index (χ4v) is 6.28. The van der Waals surface area contributed by atoms with Gasteiger partial charge in [0.1, 0.15) is 13.3 Å². The number of aryl methyl sites for hydroxylation is 2. The molecule has 0 aliphatic carbocycles. The first-order chi connectivity index (χ1) is 17.5. The third kappa shape index (κ3) is 2.51. The number of rotatable bonds is 2. The lowest BCUT2D eigenvalue weighted by Gasteiger charge is -2.18. The van der Waals surface area contributed by atoms with Crippen LogP contribution >= 0.6 is 0 Å². The molecule has 8 rings (SSSR count). The fraction of sp³-hybridized carbons (Fsp3) is 0.118. The molecule has 2 heteroatoms. The summed E-state index contributed by atoms with van der Waals surface area (Å²) >= 11 is 0. The second kappa shape index (κ2) is 6.79. The van der Waals surface area contributed by atoms with Crippen molar-refractivity contribution in [2.75, 3.05) is 0 Å². The molecule has 8 aromatic carbocycles. The maximum absolute atomic E-state index is 13.4. The van der Waals surface area contributed by atoms with Crippen LogP contribution in [0.5, 0.6) is 0 Å². The Balaban J connectivity index is 1.37. The van der Waals surface area contributed by atoms with Crippen molar-refractivity contribution < 1.29 is 8.78 Å². The van der Waals surface area contributed by atoms with Crippen molar-refractivity contribution >= 4 is 75.4 Å². The molecule has 36 heavy (non-hydrogen) atoms. The SMILES string of the molecule is Cc1cc2cc3c(cc2cc1C)c1cc2cc4c5cc6cc(CF)c(CF)cc6cc5c4cc2cc31. The van der Waals surface area contributed by atoms with Crippen molar-refractivity contribution in [1.29, 1.82) is 0 Å². The largest absolute Gasteiger partial charge is 0.246 e. The van der Waals surface area contributed by atoms with E-state index in [1.807, 2.05) is 0 Å². The molecule has 0 aliphatic heterocycles. The summed E-state index contributed by atoms with van der Waals surface area (Å²) in [5.41, 5.74) is 3.54. The fourth-order valence-electron chi connectivity index (χ4n) is 6.28. The first-order valence-electron chi connectivity index (χ1n) is 12.4. The Bertz CT molecular complexity index is 2030. The molecule has 0 spiro atoms. The molecule has 0 radical (unpaired) electrons. The third-order valence-electron chi connectivity index (χ3n) is 8.45. The summed E-state index contributed by atoms with van der Waals surface area (Å²) in [4.78, 5) is 0. The van der Waals surface area contributed by atoms with Gasteiger partial charge in [-0.15, -0.1) is 0 Å². The minimum absolute atomic E-state index is 0.443. The predicted molar refractivity (Wildman–Crippen MR) is 150 cm³/mol. The standard InChI is InChI=1S/C34H22F2/c1-17-3-19-7-27-28(8-20(19)4-18(17)2)32-12-24-14-34-30-10-22-6-26(16-36)25(15-35)5-21(22)9-29(30)33(34)13-23(24)11-31(27)32/h3-14H,15-16H2,1-2H3. The summed E-state index contributed by atoms with van der Waals surface area (Å²) in [6, 6.07) is 26.4. The monoisotopic (exact) mass is 468 g/mol. The van der Waals surface area contributed by atoms with Gasteiger partial charge in [0.15, 0.2) is 0 Å². The highest BCUT2D eigenvalue weighted by molar-refractivity contribution is 6.33. The molecule has 8 aromatic rings. The summed E-state index contributed by atoms with van der Waals surface area (Å²) in [7, 11) is 0. The molecular formula is C34H22F2. The van der Waals surface area contributed by atoms with Crippen molar-refractivity contribution in [2.45, 2.75) is 27.2 Å². The van der Waals surface area contributed by atoms with Gasteiger partial charge >= 0.3 is 0 Å². The van der Waals surface area contributed by atoms with E-state index in [2.05, 4.69) is 74.5 Å². The third-order valence-corrected chi connectivity index (χ3v) is 8.45. The number of halogens is 2. The molecule has 0 heterocycles. The normalized spacial score (nSPS) is 12.7. The van der Waals surface area contributed by atoms with Gasteiger partial charge in [-0.25, -0.2) is 8.78 Å². The lowest BCUT2D eigenvalue weighted by molar-refractivity contribution is 0.455. The van der Waals surface area contributed by atoms with Crippen molar-refractivity contribution in [3.8, 4) is 0 Å². The lowest BCUT2D eigenvalue weighted by atomic mass is 9.85. The first kappa shape index (κ1) is 20.2. The first-order valence-corrected chi connectivity index (χ1v) is 12.4. The van der Waals surface area contributed by atoms with E-state index in [0.717, 1.165) is 10.8 Å². The lowest BCUT2D eigenvalue weighted by Crippen LogP contribution is -1.92. The highest BCUT2D eigenvalue weighted by Crippen LogP contribution is 2.44. The molecule has 0 saturated heterocycles.